The molecule has 0 saturated carbocycles. The van der Waals surface area contributed by atoms with Crippen molar-refractivity contribution in [3.8, 4) is 5.75 Å². The molecule has 0 spiro atoms. The smallest absolute Gasteiger partial charge is 0.339 e. The van der Waals surface area contributed by atoms with E-state index in [0.29, 0.717) is 49.7 Å². The fourth-order valence-corrected chi connectivity index (χ4v) is 7.45. The second kappa shape index (κ2) is 13.7. The molecule has 0 aromatic heterocycles. The standard InChI is InChI=1S/C34H54O8/c1-9-25(31-21(6)18-34(11-3,42-31)26-16-17-33(40,10-2)23(8)41-26)30(37)22(7)28(35)19(4)12-14-24-15-13-20(5)29(36)27(24)32(38)39/h13,15,19,21-23,25-26,28,31,35-36,40H,9-12,14,16-18H2,1-8H3,(H,38,39)/t19-,21+,22+,23+,25-,26?,28+,31?,33-,34+/m1/s1. The third-order valence-corrected chi connectivity index (χ3v) is 10.7. The van der Waals surface area contributed by atoms with Crippen LogP contribution in [0.1, 0.15) is 115 Å². The minimum Gasteiger partial charge on any atom is -0.507 e. The zero-order valence-corrected chi connectivity index (χ0v) is 26.9. The van der Waals surface area contributed by atoms with Gasteiger partial charge in [0.05, 0.1) is 35.6 Å². The molecule has 2 aliphatic rings. The number of phenols is 1. The van der Waals surface area contributed by atoms with Crippen LogP contribution in [0.3, 0.4) is 0 Å². The van der Waals surface area contributed by atoms with Crippen molar-refractivity contribution in [2.24, 2.45) is 23.7 Å². The maximum absolute atomic E-state index is 13.9. The maximum Gasteiger partial charge on any atom is 0.339 e. The third-order valence-electron chi connectivity index (χ3n) is 10.7. The van der Waals surface area contributed by atoms with Crippen LogP contribution in [0.15, 0.2) is 12.1 Å². The molecule has 0 radical (unpaired) electrons. The summed E-state index contributed by atoms with van der Waals surface area (Å²) >= 11 is 0. The summed E-state index contributed by atoms with van der Waals surface area (Å²) in [6.07, 6.45) is 3.34. The Morgan fingerprint density at radius 2 is 1.79 bits per heavy atom. The average molecular weight is 591 g/mol. The Morgan fingerprint density at radius 3 is 2.33 bits per heavy atom. The molecule has 0 bridgehead atoms. The number of rotatable bonds is 13. The first-order valence-electron chi connectivity index (χ1n) is 16.0. The lowest BCUT2D eigenvalue weighted by atomic mass is 9.76. The van der Waals surface area contributed by atoms with Gasteiger partial charge in [0, 0.05) is 11.8 Å². The molecule has 0 aliphatic carbocycles. The molecule has 3 rings (SSSR count). The monoisotopic (exact) mass is 590 g/mol. The molecule has 1 aromatic carbocycles. The predicted octanol–water partition coefficient (Wildman–Crippen LogP) is 5.84. The van der Waals surface area contributed by atoms with Gasteiger partial charge in [0.2, 0.25) is 0 Å². The highest BCUT2D eigenvalue weighted by molar-refractivity contribution is 5.93. The van der Waals surface area contributed by atoms with Crippen molar-refractivity contribution in [3.63, 3.8) is 0 Å². The number of hydrogen-bond acceptors (Lipinski definition) is 7. The summed E-state index contributed by atoms with van der Waals surface area (Å²) in [5.41, 5.74) is -0.437. The van der Waals surface area contributed by atoms with Gasteiger partial charge in [0.15, 0.2) is 0 Å². The van der Waals surface area contributed by atoms with Crippen LogP contribution in [-0.2, 0) is 20.7 Å². The molecule has 2 aliphatic heterocycles. The fourth-order valence-electron chi connectivity index (χ4n) is 7.45. The van der Waals surface area contributed by atoms with Crippen LogP contribution in [0, 0.1) is 30.6 Å². The molecule has 2 unspecified atom stereocenters. The van der Waals surface area contributed by atoms with Gasteiger partial charge in [-0.05, 0) is 88.2 Å². The van der Waals surface area contributed by atoms with Gasteiger partial charge in [0.1, 0.15) is 17.1 Å². The van der Waals surface area contributed by atoms with Gasteiger partial charge in [-0.2, -0.15) is 0 Å². The average Bonchev–Trinajstić information content (AvgIpc) is 3.31. The van der Waals surface area contributed by atoms with Gasteiger partial charge < -0.3 is 29.9 Å². The van der Waals surface area contributed by atoms with Gasteiger partial charge in [-0.3, -0.25) is 4.79 Å². The van der Waals surface area contributed by atoms with E-state index in [2.05, 4.69) is 13.8 Å². The van der Waals surface area contributed by atoms with Crippen LogP contribution in [0.25, 0.3) is 0 Å². The lowest BCUT2D eigenvalue weighted by Gasteiger charge is -2.47. The number of ether oxygens (including phenoxy) is 2. The van der Waals surface area contributed by atoms with E-state index in [1.54, 1.807) is 26.0 Å². The van der Waals surface area contributed by atoms with E-state index in [1.807, 2.05) is 27.7 Å². The predicted molar refractivity (Wildman–Crippen MR) is 162 cm³/mol. The second-order valence-electron chi connectivity index (χ2n) is 13.2. The number of hydrogen-bond donors (Lipinski definition) is 4. The largest absolute Gasteiger partial charge is 0.507 e. The Morgan fingerprint density at radius 1 is 1.12 bits per heavy atom. The molecule has 8 heteroatoms. The van der Waals surface area contributed by atoms with Crippen molar-refractivity contribution >= 4 is 11.8 Å². The summed E-state index contributed by atoms with van der Waals surface area (Å²) in [5.74, 6) is -2.55. The second-order valence-corrected chi connectivity index (χ2v) is 13.2. The first-order chi connectivity index (χ1) is 19.7. The molecule has 238 valence electrons. The molecular weight excluding hydrogens is 536 g/mol. The minimum atomic E-state index is -1.18. The Hall–Kier alpha value is -2.00. The number of carboxylic acid groups (broad SMARTS) is 1. The van der Waals surface area contributed by atoms with E-state index in [0.717, 1.165) is 12.8 Å². The number of carbonyl (C=O) groups is 2. The molecule has 42 heavy (non-hydrogen) atoms. The zero-order valence-electron chi connectivity index (χ0n) is 26.9. The topological polar surface area (TPSA) is 134 Å². The van der Waals surface area contributed by atoms with Gasteiger partial charge >= 0.3 is 5.97 Å². The Balaban J connectivity index is 1.69. The van der Waals surface area contributed by atoms with Gasteiger partial charge in [0.25, 0.3) is 0 Å². The van der Waals surface area contributed by atoms with Crippen LogP contribution in [0.4, 0.5) is 0 Å². The van der Waals surface area contributed by atoms with Crippen molar-refractivity contribution in [2.75, 3.05) is 0 Å². The molecule has 8 nitrogen and oxygen atoms in total. The summed E-state index contributed by atoms with van der Waals surface area (Å²) in [6.45, 7) is 15.4. The molecule has 1 aromatic rings. The third kappa shape index (κ3) is 6.72. The summed E-state index contributed by atoms with van der Waals surface area (Å²) in [6, 6.07) is 3.40. The summed E-state index contributed by atoms with van der Waals surface area (Å²) in [4.78, 5) is 25.7. The molecule has 4 N–H and O–H groups in total. The highest BCUT2D eigenvalue weighted by Gasteiger charge is 2.55. The number of aliphatic hydroxyl groups is 2. The summed E-state index contributed by atoms with van der Waals surface area (Å²) in [5, 5.41) is 42.1. The SMILES string of the molecule is CC[C@H](C(=O)[C@@H](C)[C@@H](O)[C@H](C)CCc1ccc(C)c(O)c1C(=O)O)C1O[C@](CC)(C2CC[C@](O)(CC)[C@H](C)O2)C[C@@H]1C. The molecular formula is C34H54O8. The Kier molecular flexibility index (Phi) is 11.3. The van der Waals surface area contributed by atoms with E-state index < -0.39 is 29.2 Å². The number of aryl methyl sites for hydroxylation is 2. The zero-order chi connectivity index (χ0) is 31.6. The van der Waals surface area contributed by atoms with Crippen molar-refractivity contribution in [1.82, 2.24) is 0 Å². The molecule has 2 heterocycles. The molecule has 10 atom stereocenters. The summed E-state index contributed by atoms with van der Waals surface area (Å²) < 4.78 is 13.2. The van der Waals surface area contributed by atoms with Crippen molar-refractivity contribution < 1.29 is 39.5 Å². The quantitative estimate of drug-likeness (QED) is 0.225. The number of aromatic carboxylic acids is 1. The Labute approximate surface area is 251 Å². The number of carboxylic acids is 1. The van der Waals surface area contributed by atoms with E-state index in [-0.39, 0.29) is 53.2 Å². The van der Waals surface area contributed by atoms with E-state index in [1.165, 1.54) is 0 Å². The van der Waals surface area contributed by atoms with Crippen molar-refractivity contribution in [1.29, 1.82) is 0 Å². The van der Waals surface area contributed by atoms with Crippen LogP contribution in [-0.4, -0.2) is 67.8 Å². The number of benzene rings is 1. The number of aliphatic hydroxyl groups excluding tert-OH is 1. The Bertz CT molecular complexity index is 1100. The van der Waals surface area contributed by atoms with Gasteiger partial charge in [-0.1, -0.05) is 53.7 Å². The highest BCUT2D eigenvalue weighted by atomic mass is 16.6. The van der Waals surface area contributed by atoms with Gasteiger partial charge in [-0.15, -0.1) is 0 Å². The van der Waals surface area contributed by atoms with Crippen LogP contribution >= 0.6 is 0 Å². The number of carbonyl (C=O) groups excluding carboxylic acids is 1. The van der Waals surface area contributed by atoms with E-state index in [9.17, 15) is 30.0 Å². The van der Waals surface area contributed by atoms with E-state index >= 15 is 0 Å². The maximum atomic E-state index is 13.9. The fraction of sp³-hybridized carbons (Fsp3) is 0.765. The van der Waals surface area contributed by atoms with E-state index in [4.69, 9.17) is 9.47 Å². The van der Waals surface area contributed by atoms with Crippen molar-refractivity contribution in [2.45, 2.75) is 142 Å². The highest BCUT2D eigenvalue weighted by Crippen LogP contribution is 2.48. The first-order valence-corrected chi connectivity index (χ1v) is 16.0. The lowest BCUT2D eigenvalue weighted by Crippen LogP contribution is -2.55. The number of ketones is 1. The van der Waals surface area contributed by atoms with Crippen molar-refractivity contribution in [3.05, 3.63) is 28.8 Å². The number of aromatic hydroxyl groups is 1. The molecule has 2 fully saturated rings. The molecule has 2 saturated heterocycles. The minimum absolute atomic E-state index is 0.0157. The van der Waals surface area contributed by atoms with Crippen LogP contribution in [0.5, 0.6) is 5.75 Å². The van der Waals surface area contributed by atoms with Gasteiger partial charge in [-0.25, -0.2) is 4.79 Å². The summed E-state index contributed by atoms with van der Waals surface area (Å²) in [7, 11) is 0. The first kappa shape index (κ1) is 34.5. The van der Waals surface area contributed by atoms with Crippen LogP contribution in [0.2, 0.25) is 0 Å². The normalized spacial score (nSPS) is 32.7. The number of Topliss-reactive ketones (excluding diaryl/α,β-unsaturated/α-hetero) is 1. The molecule has 0 amide bonds. The lowest BCUT2D eigenvalue weighted by molar-refractivity contribution is -0.229. The van der Waals surface area contributed by atoms with Crippen LogP contribution < -0.4 is 0 Å².